The van der Waals surface area contributed by atoms with Gasteiger partial charge in [0.15, 0.2) is 11.5 Å². The van der Waals surface area contributed by atoms with Crippen LogP contribution < -0.4 is 14.4 Å². The zero-order valence-electron chi connectivity index (χ0n) is 18.5. The topological polar surface area (TPSA) is 65.1 Å². The van der Waals surface area contributed by atoms with Crippen molar-refractivity contribution in [1.29, 1.82) is 0 Å². The van der Waals surface area contributed by atoms with Crippen LogP contribution in [0.5, 0.6) is 11.5 Å². The van der Waals surface area contributed by atoms with E-state index in [0.717, 1.165) is 5.56 Å². The summed E-state index contributed by atoms with van der Waals surface area (Å²) in [5.41, 5.74) is 3.57. The van der Waals surface area contributed by atoms with Gasteiger partial charge in [-0.3, -0.25) is 9.69 Å². The fourth-order valence-electron chi connectivity index (χ4n) is 3.50. The number of rotatable bonds is 7. The van der Waals surface area contributed by atoms with Crippen LogP contribution in [-0.4, -0.2) is 32.2 Å². The van der Waals surface area contributed by atoms with Crippen LogP contribution in [0, 0.1) is 6.92 Å². The van der Waals surface area contributed by atoms with Gasteiger partial charge in [-0.05, 0) is 63.6 Å². The Labute approximate surface area is 182 Å². The third kappa shape index (κ3) is 4.48. The summed E-state index contributed by atoms with van der Waals surface area (Å²) < 4.78 is 16.2. The van der Waals surface area contributed by atoms with Crippen LogP contribution in [0.25, 0.3) is 6.08 Å². The number of esters is 1. The molecule has 1 heterocycles. The second kappa shape index (κ2) is 9.51. The largest absolute Gasteiger partial charge is 0.493 e. The molecule has 6 heteroatoms. The number of benzene rings is 2. The summed E-state index contributed by atoms with van der Waals surface area (Å²) in [4.78, 5) is 27.7. The van der Waals surface area contributed by atoms with Crippen molar-refractivity contribution in [1.82, 2.24) is 0 Å². The first-order chi connectivity index (χ1) is 14.9. The Hall–Kier alpha value is -3.54. The zero-order chi connectivity index (χ0) is 22.5. The molecule has 2 aromatic carbocycles. The van der Waals surface area contributed by atoms with Crippen molar-refractivity contribution in [2.45, 2.75) is 27.7 Å². The van der Waals surface area contributed by atoms with Gasteiger partial charge in [0.05, 0.1) is 31.5 Å². The molecule has 3 rings (SSSR count). The van der Waals surface area contributed by atoms with Crippen molar-refractivity contribution in [3.05, 3.63) is 70.4 Å². The molecule has 0 atom stereocenters. The van der Waals surface area contributed by atoms with Crippen LogP contribution in [0.4, 0.5) is 5.69 Å². The molecule has 0 saturated heterocycles. The number of methoxy groups -OCH3 is 1. The number of carbonyl (C=O) groups is 2. The van der Waals surface area contributed by atoms with Crippen LogP contribution in [0.2, 0.25) is 0 Å². The SMILES string of the molecule is CCOC(=O)C1=C(C)N(c2ccc(C)cc2)C(=O)/C1=C\c1ccc(OCC)c(OC)c1. The van der Waals surface area contributed by atoms with Crippen molar-refractivity contribution in [2.75, 3.05) is 25.2 Å². The van der Waals surface area contributed by atoms with Crippen LogP contribution in [-0.2, 0) is 14.3 Å². The summed E-state index contributed by atoms with van der Waals surface area (Å²) in [6, 6.07) is 13.0. The number of hydrogen-bond donors (Lipinski definition) is 0. The Balaban J connectivity index is 2.10. The van der Waals surface area contributed by atoms with E-state index in [1.54, 1.807) is 44.1 Å². The molecule has 0 saturated carbocycles. The number of carbonyl (C=O) groups excluding carboxylic acids is 2. The second-order valence-electron chi connectivity index (χ2n) is 7.06. The lowest BCUT2D eigenvalue weighted by atomic mass is 10.0. The highest BCUT2D eigenvalue weighted by Gasteiger charge is 2.38. The second-order valence-corrected chi connectivity index (χ2v) is 7.06. The van der Waals surface area contributed by atoms with Crippen molar-refractivity contribution in [3.8, 4) is 11.5 Å². The van der Waals surface area contributed by atoms with Gasteiger partial charge in [-0.1, -0.05) is 23.8 Å². The number of anilines is 1. The molecule has 0 radical (unpaired) electrons. The Morgan fingerprint density at radius 2 is 1.71 bits per heavy atom. The van der Waals surface area contributed by atoms with E-state index in [0.29, 0.717) is 35.1 Å². The number of amides is 1. The van der Waals surface area contributed by atoms with Crippen LogP contribution in [0.1, 0.15) is 31.9 Å². The van der Waals surface area contributed by atoms with Gasteiger partial charge in [-0.2, -0.15) is 0 Å². The molecule has 162 valence electrons. The predicted molar refractivity (Wildman–Crippen MR) is 120 cm³/mol. The molecule has 0 aromatic heterocycles. The molecule has 0 bridgehead atoms. The summed E-state index contributed by atoms with van der Waals surface area (Å²) in [7, 11) is 1.56. The normalized spacial score (nSPS) is 14.9. The maximum atomic E-state index is 13.4. The quantitative estimate of drug-likeness (QED) is 0.480. The van der Waals surface area contributed by atoms with Crippen molar-refractivity contribution < 1.29 is 23.8 Å². The molecule has 0 fully saturated rings. The van der Waals surface area contributed by atoms with Crippen molar-refractivity contribution in [2.24, 2.45) is 0 Å². The Morgan fingerprint density at radius 1 is 1.00 bits per heavy atom. The van der Waals surface area contributed by atoms with E-state index in [1.165, 1.54) is 0 Å². The van der Waals surface area contributed by atoms with Gasteiger partial charge in [0, 0.05) is 11.4 Å². The van der Waals surface area contributed by atoms with Crippen LogP contribution >= 0.6 is 0 Å². The predicted octanol–water partition coefficient (Wildman–Crippen LogP) is 4.67. The number of hydrogen-bond acceptors (Lipinski definition) is 5. The van der Waals surface area contributed by atoms with Gasteiger partial charge in [0.2, 0.25) is 0 Å². The number of ether oxygens (including phenoxy) is 3. The minimum absolute atomic E-state index is 0.221. The Morgan fingerprint density at radius 3 is 2.32 bits per heavy atom. The molecule has 1 aliphatic rings. The molecule has 0 spiro atoms. The summed E-state index contributed by atoms with van der Waals surface area (Å²) >= 11 is 0. The minimum atomic E-state index is -0.521. The lowest BCUT2D eigenvalue weighted by Crippen LogP contribution is -2.24. The standard InChI is InChI=1S/C25H27NO5/c1-6-30-21-13-10-18(15-22(21)29-5)14-20-23(25(28)31-7-2)17(4)26(24(20)27)19-11-8-16(3)9-12-19/h8-15H,6-7H2,1-5H3/b20-14-. The smallest absolute Gasteiger partial charge is 0.340 e. The Kier molecular flexibility index (Phi) is 6.80. The molecule has 6 nitrogen and oxygen atoms in total. The minimum Gasteiger partial charge on any atom is -0.493 e. The van der Waals surface area contributed by atoms with Gasteiger partial charge in [-0.25, -0.2) is 4.79 Å². The van der Waals surface area contributed by atoms with E-state index in [9.17, 15) is 9.59 Å². The molecule has 0 aliphatic carbocycles. The summed E-state index contributed by atoms with van der Waals surface area (Å²) in [6.45, 7) is 8.10. The first kappa shape index (κ1) is 22.2. The monoisotopic (exact) mass is 421 g/mol. The fraction of sp³-hybridized carbons (Fsp3) is 0.280. The zero-order valence-corrected chi connectivity index (χ0v) is 18.5. The van der Waals surface area contributed by atoms with Crippen molar-refractivity contribution in [3.63, 3.8) is 0 Å². The molecule has 2 aromatic rings. The first-order valence-corrected chi connectivity index (χ1v) is 10.2. The molecule has 0 unspecified atom stereocenters. The average Bonchev–Trinajstić information content (AvgIpc) is 2.99. The van der Waals surface area contributed by atoms with E-state index < -0.39 is 5.97 Å². The average molecular weight is 421 g/mol. The highest BCUT2D eigenvalue weighted by Crippen LogP contribution is 2.36. The molecule has 1 aliphatic heterocycles. The fourth-order valence-corrected chi connectivity index (χ4v) is 3.50. The number of aryl methyl sites for hydroxylation is 1. The maximum Gasteiger partial charge on any atom is 0.340 e. The van der Waals surface area contributed by atoms with E-state index in [2.05, 4.69) is 0 Å². The third-order valence-electron chi connectivity index (χ3n) is 4.97. The van der Waals surface area contributed by atoms with Gasteiger partial charge < -0.3 is 14.2 Å². The molecular weight excluding hydrogens is 394 g/mol. The molecule has 0 N–H and O–H groups in total. The van der Waals surface area contributed by atoms with E-state index in [1.807, 2.05) is 44.2 Å². The van der Waals surface area contributed by atoms with Gasteiger partial charge in [-0.15, -0.1) is 0 Å². The van der Waals surface area contributed by atoms with Crippen LogP contribution in [0.15, 0.2) is 59.3 Å². The lowest BCUT2D eigenvalue weighted by Gasteiger charge is -2.18. The van der Waals surface area contributed by atoms with Gasteiger partial charge in [0.25, 0.3) is 5.91 Å². The molecular formula is C25H27NO5. The lowest BCUT2D eigenvalue weighted by molar-refractivity contribution is -0.138. The Bertz CT molecular complexity index is 1050. The number of nitrogens with zero attached hydrogens (tertiary/aromatic N) is 1. The number of allylic oxidation sites excluding steroid dienone is 1. The summed E-state index contributed by atoms with van der Waals surface area (Å²) in [5, 5.41) is 0. The van der Waals surface area contributed by atoms with Gasteiger partial charge >= 0.3 is 5.97 Å². The van der Waals surface area contributed by atoms with Crippen molar-refractivity contribution >= 4 is 23.6 Å². The third-order valence-corrected chi connectivity index (χ3v) is 4.97. The highest BCUT2D eigenvalue weighted by atomic mass is 16.5. The van der Waals surface area contributed by atoms with E-state index in [4.69, 9.17) is 14.2 Å². The van der Waals surface area contributed by atoms with E-state index in [-0.39, 0.29) is 23.7 Å². The first-order valence-electron chi connectivity index (χ1n) is 10.2. The maximum absolute atomic E-state index is 13.4. The summed E-state index contributed by atoms with van der Waals surface area (Å²) in [6.07, 6.45) is 1.69. The van der Waals surface area contributed by atoms with Gasteiger partial charge in [0.1, 0.15) is 0 Å². The highest BCUT2D eigenvalue weighted by molar-refractivity contribution is 6.23. The van der Waals surface area contributed by atoms with Crippen LogP contribution in [0.3, 0.4) is 0 Å². The van der Waals surface area contributed by atoms with E-state index >= 15 is 0 Å². The summed E-state index contributed by atoms with van der Waals surface area (Å²) in [5.74, 6) is 0.364. The molecule has 31 heavy (non-hydrogen) atoms. The molecule has 1 amide bonds.